The van der Waals surface area contributed by atoms with Crippen molar-refractivity contribution in [3.63, 3.8) is 0 Å². The number of ether oxygens (including phenoxy) is 1. The maximum atomic E-state index is 11.6. The molecule has 8 heteroatoms. The van der Waals surface area contributed by atoms with Crippen LogP contribution in [-0.2, 0) is 4.74 Å². The fourth-order valence-corrected chi connectivity index (χ4v) is 1.81. The van der Waals surface area contributed by atoms with Crippen LogP contribution in [0.25, 0.3) is 0 Å². The van der Waals surface area contributed by atoms with Crippen molar-refractivity contribution >= 4 is 45.3 Å². The van der Waals surface area contributed by atoms with E-state index in [0.29, 0.717) is 0 Å². The minimum absolute atomic E-state index is 0.0494. The van der Waals surface area contributed by atoms with Crippen LogP contribution < -0.4 is 5.32 Å². The van der Waals surface area contributed by atoms with Gasteiger partial charge >= 0.3 is 12.1 Å². The summed E-state index contributed by atoms with van der Waals surface area (Å²) >= 11 is 8.75. The molecule has 0 aliphatic rings. The summed E-state index contributed by atoms with van der Waals surface area (Å²) in [5.41, 5.74) is -0.784. The normalized spacial score (nSPS) is 11.0. The molecule has 2 N–H and O–H groups in total. The van der Waals surface area contributed by atoms with Crippen molar-refractivity contribution in [1.29, 1.82) is 0 Å². The molecule has 0 aromatic carbocycles. The molecule has 1 heterocycles. The fourth-order valence-electron chi connectivity index (χ4n) is 1.14. The number of hydrogen-bond donors (Lipinski definition) is 2. The third-order valence-corrected chi connectivity index (χ3v) is 2.76. The molecule has 0 unspecified atom stereocenters. The second-order valence-electron chi connectivity index (χ2n) is 4.59. The average Bonchev–Trinajstić information content (AvgIpc) is 2.19. The zero-order chi connectivity index (χ0) is 14.8. The average molecular weight is 352 g/mol. The van der Waals surface area contributed by atoms with Gasteiger partial charge in [0.15, 0.2) is 5.69 Å². The maximum absolute atomic E-state index is 11.6. The van der Waals surface area contributed by atoms with Gasteiger partial charge in [-0.25, -0.2) is 14.6 Å². The number of nitrogens with one attached hydrogen (secondary N) is 1. The van der Waals surface area contributed by atoms with Crippen LogP contribution >= 0.6 is 27.5 Å². The van der Waals surface area contributed by atoms with Gasteiger partial charge in [-0.2, -0.15) is 0 Å². The first-order valence-electron chi connectivity index (χ1n) is 5.19. The first kappa shape index (κ1) is 15.7. The summed E-state index contributed by atoms with van der Waals surface area (Å²) in [6.45, 7) is 5.14. The molecule has 0 fully saturated rings. The number of aromatic carboxylic acids is 1. The van der Waals surface area contributed by atoms with E-state index in [1.165, 1.54) is 6.07 Å². The lowest BCUT2D eigenvalue weighted by Gasteiger charge is -2.20. The molecule has 0 bridgehead atoms. The zero-order valence-corrected chi connectivity index (χ0v) is 12.8. The van der Waals surface area contributed by atoms with E-state index in [2.05, 4.69) is 26.2 Å². The molecule has 1 aromatic heterocycles. The minimum atomic E-state index is -1.26. The van der Waals surface area contributed by atoms with Crippen LogP contribution in [0.1, 0.15) is 31.3 Å². The molecular weight excluding hydrogens is 339 g/mol. The van der Waals surface area contributed by atoms with Gasteiger partial charge in [-0.05, 0) is 36.7 Å². The lowest BCUT2D eigenvalue weighted by molar-refractivity contribution is 0.0632. The Bertz CT molecular complexity index is 528. The second-order valence-corrected chi connectivity index (χ2v) is 5.77. The van der Waals surface area contributed by atoms with Gasteiger partial charge in [-0.15, -0.1) is 0 Å². The van der Waals surface area contributed by atoms with Crippen molar-refractivity contribution in [1.82, 2.24) is 4.98 Å². The summed E-state index contributed by atoms with van der Waals surface area (Å²) in [5.74, 6) is -1.26. The Labute approximate surface area is 123 Å². The van der Waals surface area contributed by atoms with Crippen LogP contribution in [0.4, 0.5) is 10.5 Å². The van der Waals surface area contributed by atoms with E-state index in [1.54, 1.807) is 20.8 Å². The van der Waals surface area contributed by atoms with Gasteiger partial charge in [0, 0.05) is 6.07 Å². The number of nitrogens with zero attached hydrogens (tertiary/aromatic N) is 1. The monoisotopic (exact) mass is 350 g/mol. The lowest BCUT2D eigenvalue weighted by atomic mass is 10.2. The number of pyridine rings is 1. The number of hydrogen-bond acceptors (Lipinski definition) is 4. The molecule has 1 amide bonds. The van der Waals surface area contributed by atoms with Crippen LogP contribution in [0.3, 0.4) is 0 Å². The number of rotatable bonds is 2. The smallest absolute Gasteiger partial charge is 0.412 e. The number of carboxylic acid groups (broad SMARTS) is 1. The molecule has 1 aromatic rings. The number of halogens is 2. The van der Waals surface area contributed by atoms with Gasteiger partial charge in [0.2, 0.25) is 0 Å². The van der Waals surface area contributed by atoms with Gasteiger partial charge in [-0.3, -0.25) is 5.32 Å². The topological polar surface area (TPSA) is 88.5 Å². The maximum Gasteiger partial charge on any atom is 0.412 e. The van der Waals surface area contributed by atoms with E-state index in [-0.39, 0.29) is 21.0 Å². The highest BCUT2D eigenvalue weighted by Crippen LogP contribution is 2.28. The Kier molecular flexibility index (Phi) is 4.75. The van der Waals surface area contributed by atoms with Crippen LogP contribution in [-0.4, -0.2) is 27.8 Å². The van der Waals surface area contributed by atoms with E-state index in [9.17, 15) is 9.59 Å². The number of carbonyl (C=O) groups is 2. The third-order valence-electron chi connectivity index (χ3n) is 1.76. The highest BCUT2D eigenvalue weighted by atomic mass is 79.9. The Morgan fingerprint density at radius 2 is 2.05 bits per heavy atom. The van der Waals surface area contributed by atoms with Crippen molar-refractivity contribution in [2.45, 2.75) is 26.4 Å². The Balaban J connectivity index is 3.02. The van der Waals surface area contributed by atoms with E-state index >= 15 is 0 Å². The summed E-state index contributed by atoms with van der Waals surface area (Å²) < 4.78 is 5.18. The molecule has 0 atom stereocenters. The molecule has 0 saturated carbocycles. The van der Waals surface area contributed by atoms with Crippen LogP contribution in [0.2, 0.25) is 5.15 Å². The molecule has 1 rings (SSSR count). The highest BCUT2D eigenvalue weighted by Gasteiger charge is 2.20. The number of aromatic nitrogens is 1. The number of carboxylic acids is 1. The molecule has 0 saturated heterocycles. The molecular formula is C11H12BrClN2O4. The molecule has 6 nitrogen and oxygen atoms in total. The van der Waals surface area contributed by atoms with Crippen molar-refractivity contribution in [3.8, 4) is 0 Å². The van der Waals surface area contributed by atoms with Crippen molar-refractivity contribution < 1.29 is 19.4 Å². The predicted octanol–water partition coefficient (Wildman–Crippen LogP) is 3.54. The largest absolute Gasteiger partial charge is 0.476 e. The van der Waals surface area contributed by atoms with Gasteiger partial charge in [0.25, 0.3) is 0 Å². The Morgan fingerprint density at radius 3 is 2.53 bits per heavy atom. The quantitative estimate of drug-likeness (QED) is 0.796. The van der Waals surface area contributed by atoms with E-state index in [0.717, 1.165) is 0 Å². The Morgan fingerprint density at radius 1 is 1.47 bits per heavy atom. The van der Waals surface area contributed by atoms with Crippen molar-refractivity contribution in [3.05, 3.63) is 21.4 Å². The summed E-state index contributed by atoms with van der Waals surface area (Å²) in [6, 6.07) is 1.32. The summed E-state index contributed by atoms with van der Waals surface area (Å²) in [5, 5.41) is 11.3. The first-order chi connectivity index (χ1) is 8.60. The highest BCUT2D eigenvalue weighted by molar-refractivity contribution is 9.10. The predicted molar refractivity (Wildman–Crippen MR) is 73.8 cm³/mol. The number of carbonyl (C=O) groups excluding carboxylic acids is 1. The van der Waals surface area contributed by atoms with Crippen LogP contribution in [0.15, 0.2) is 10.5 Å². The standard InChI is InChI=1S/C11H12BrClN2O4/c1-11(2,3)19-10(18)14-5-4-6(13)15-8(7(5)12)9(16)17/h4H,1-3H3,(H,16,17)(H,14,15,18). The SMILES string of the molecule is CC(C)(C)OC(=O)Nc1cc(Cl)nc(C(=O)O)c1Br. The second kappa shape index (κ2) is 5.75. The van der Waals surface area contributed by atoms with Crippen molar-refractivity contribution in [2.75, 3.05) is 5.32 Å². The third kappa shape index (κ3) is 4.68. The van der Waals surface area contributed by atoms with Crippen molar-refractivity contribution in [2.24, 2.45) is 0 Å². The Hall–Kier alpha value is -1.34. The van der Waals surface area contributed by atoms with E-state index in [4.69, 9.17) is 21.4 Å². The lowest BCUT2D eigenvalue weighted by Crippen LogP contribution is -2.27. The number of amides is 1. The molecule has 0 aliphatic carbocycles. The number of anilines is 1. The summed E-state index contributed by atoms with van der Waals surface area (Å²) in [4.78, 5) is 26.2. The zero-order valence-electron chi connectivity index (χ0n) is 10.5. The van der Waals surface area contributed by atoms with Crippen LogP contribution in [0, 0.1) is 0 Å². The fraction of sp³-hybridized carbons (Fsp3) is 0.364. The first-order valence-corrected chi connectivity index (χ1v) is 6.36. The summed E-state index contributed by atoms with van der Waals surface area (Å²) in [7, 11) is 0. The van der Waals surface area contributed by atoms with Gasteiger partial charge in [-0.1, -0.05) is 11.6 Å². The minimum Gasteiger partial charge on any atom is -0.476 e. The van der Waals surface area contributed by atoms with Gasteiger partial charge in [0.1, 0.15) is 10.8 Å². The molecule has 19 heavy (non-hydrogen) atoms. The molecule has 0 aliphatic heterocycles. The molecule has 104 valence electrons. The molecule has 0 spiro atoms. The van der Waals surface area contributed by atoms with Crippen LogP contribution in [0.5, 0.6) is 0 Å². The van der Waals surface area contributed by atoms with E-state index < -0.39 is 17.7 Å². The van der Waals surface area contributed by atoms with E-state index in [1.807, 2.05) is 0 Å². The molecule has 0 radical (unpaired) electrons. The van der Waals surface area contributed by atoms with Gasteiger partial charge in [0.05, 0.1) is 10.2 Å². The summed E-state index contributed by atoms with van der Waals surface area (Å²) in [6.07, 6.45) is -0.716. The van der Waals surface area contributed by atoms with Gasteiger partial charge < -0.3 is 9.84 Å².